The molecule has 0 aliphatic heterocycles. The lowest BCUT2D eigenvalue weighted by atomic mass is 10.1. The molecule has 1 aromatic heterocycles. The molecule has 1 atom stereocenters. The zero-order valence-corrected chi connectivity index (χ0v) is 8.93. The number of ketones is 1. The Bertz CT molecular complexity index is 339. The van der Waals surface area contributed by atoms with Crippen LogP contribution >= 0.6 is 0 Å². The van der Waals surface area contributed by atoms with E-state index in [1.807, 2.05) is 6.92 Å². The van der Waals surface area contributed by atoms with E-state index in [1.165, 1.54) is 19.5 Å². The van der Waals surface area contributed by atoms with Crippen molar-refractivity contribution in [2.24, 2.45) is 5.73 Å². The van der Waals surface area contributed by atoms with E-state index in [0.29, 0.717) is 12.8 Å². The molecule has 1 unspecified atom stereocenters. The van der Waals surface area contributed by atoms with Crippen LogP contribution in [0.5, 0.6) is 5.88 Å². The number of aromatic nitrogens is 2. The number of carbonyl (C=O) groups is 1. The first-order valence-electron chi connectivity index (χ1n) is 4.79. The molecule has 0 saturated heterocycles. The molecule has 0 bridgehead atoms. The van der Waals surface area contributed by atoms with Crippen molar-refractivity contribution < 1.29 is 9.53 Å². The van der Waals surface area contributed by atoms with E-state index in [1.54, 1.807) is 0 Å². The van der Waals surface area contributed by atoms with Gasteiger partial charge in [0.25, 0.3) is 0 Å². The van der Waals surface area contributed by atoms with Crippen LogP contribution in [-0.2, 0) is 0 Å². The fourth-order valence-corrected chi connectivity index (χ4v) is 1.14. The number of nitrogens with two attached hydrogens (primary N) is 1. The summed E-state index contributed by atoms with van der Waals surface area (Å²) in [4.78, 5) is 19.5. The molecule has 1 rings (SSSR count). The number of methoxy groups -OCH3 is 1. The van der Waals surface area contributed by atoms with Gasteiger partial charge in [0, 0.05) is 24.9 Å². The number of hydrogen-bond donors (Lipinski definition) is 1. The Morgan fingerprint density at radius 2 is 2.20 bits per heavy atom. The first-order valence-corrected chi connectivity index (χ1v) is 4.79. The Morgan fingerprint density at radius 3 is 2.80 bits per heavy atom. The first-order chi connectivity index (χ1) is 7.15. The minimum absolute atomic E-state index is 0.0108. The second-order valence-electron chi connectivity index (χ2n) is 3.35. The molecule has 0 saturated carbocycles. The predicted octanol–water partition coefficient (Wildman–Crippen LogP) is 0.795. The quantitative estimate of drug-likeness (QED) is 0.725. The Morgan fingerprint density at radius 1 is 1.53 bits per heavy atom. The van der Waals surface area contributed by atoms with Crippen molar-refractivity contribution in [3.05, 3.63) is 18.1 Å². The highest BCUT2D eigenvalue weighted by Crippen LogP contribution is 2.13. The lowest BCUT2D eigenvalue weighted by Crippen LogP contribution is -2.17. The molecule has 82 valence electrons. The molecule has 1 heterocycles. The third-order valence-electron chi connectivity index (χ3n) is 1.95. The molecule has 5 heteroatoms. The number of Topliss-reactive ketones (excluding diaryl/α,β-unsaturated/α-hetero) is 1. The molecule has 15 heavy (non-hydrogen) atoms. The lowest BCUT2D eigenvalue weighted by molar-refractivity contribution is 0.0969. The van der Waals surface area contributed by atoms with Crippen molar-refractivity contribution in [1.29, 1.82) is 0 Å². The maximum absolute atomic E-state index is 11.7. The second kappa shape index (κ2) is 5.41. The van der Waals surface area contributed by atoms with Gasteiger partial charge >= 0.3 is 0 Å². The van der Waals surface area contributed by atoms with E-state index in [0.717, 1.165) is 0 Å². The second-order valence-corrected chi connectivity index (χ2v) is 3.35. The summed E-state index contributed by atoms with van der Waals surface area (Å²) in [5, 5.41) is 0. The molecule has 2 N–H and O–H groups in total. The third-order valence-corrected chi connectivity index (χ3v) is 1.95. The normalized spacial score (nSPS) is 12.2. The van der Waals surface area contributed by atoms with E-state index in [4.69, 9.17) is 10.5 Å². The van der Waals surface area contributed by atoms with Crippen LogP contribution in [0.2, 0.25) is 0 Å². The average Bonchev–Trinajstić information content (AvgIpc) is 2.25. The highest BCUT2D eigenvalue weighted by Gasteiger charge is 2.14. The smallest absolute Gasteiger partial charge is 0.243 e. The van der Waals surface area contributed by atoms with Crippen molar-refractivity contribution in [2.45, 2.75) is 25.8 Å². The Hall–Kier alpha value is -1.49. The van der Waals surface area contributed by atoms with Crippen LogP contribution in [0, 0.1) is 0 Å². The van der Waals surface area contributed by atoms with Gasteiger partial charge in [0.15, 0.2) is 11.5 Å². The predicted molar refractivity (Wildman–Crippen MR) is 55.8 cm³/mol. The van der Waals surface area contributed by atoms with Crippen LogP contribution in [0.25, 0.3) is 0 Å². The van der Waals surface area contributed by atoms with Gasteiger partial charge in [-0.15, -0.1) is 0 Å². The van der Waals surface area contributed by atoms with E-state index in [2.05, 4.69) is 9.97 Å². The summed E-state index contributed by atoms with van der Waals surface area (Å²) in [5.74, 6) is 0.185. The summed E-state index contributed by atoms with van der Waals surface area (Å²) in [7, 11) is 1.46. The average molecular weight is 209 g/mol. The highest BCUT2D eigenvalue weighted by atomic mass is 16.5. The van der Waals surface area contributed by atoms with Crippen molar-refractivity contribution in [2.75, 3.05) is 7.11 Å². The van der Waals surface area contributed by atoms with Crippen LogP contribution in [-0.4, -0.2) is 28.9 Å². The zero-order valence-electron chi connectivity index (χ0n) is 8.93. The van der Waals surface area contributed by atoms with Gasteiger partial charge in [-0.25, -0.2) is 9.97 Å². The number of hydrogen-bond acceptors (Lipinski definition) is 5. The minimum atomic E-state index is -0.0859. The van der Waals surface area contributed by atoms with Crippen molar-refractivity contribution in [3.63, 3.8) is 0 Å². The van der Waals surface area contributed by atoms with Gasteiger partial charge in [0.05, 0.1) is 7.11 Å². The largest absolute Gasteiger partial charge is 0.479 e. The van der Waals surface area contributed by atoms with Crippen LogP contribution in [0.1, 0.15) is 30.3 Å². The van der Waals surface area contributed by atoms with E-state index >= 15 is 0 Å². The Balaban J connectivity index is 2.72. The van der Waals surface area contributed by atoms with E-state index in [-0.39, 0.29) is 23.4 Å². The summed E-state index contributed by atoms with van der Waals surface area (Å²) < 4.78 is 4.95. The molecule has 0 amide bonds. The number of carbonyl (C=O) groups excluding carboxylic acids is 1. The standard InChI is InChI=1S/C10H15N3O2/c1-7(11)3-4-8(14)9-10(15-2)13-6-5-12-9/h5-7H,3-4,11H2,1-2H3. The molecule has 1 aromatic rings. The van der Waals surface area contributed by atoms with Crippen LogP contribution in [0.4, 0.5) is 0 Å². The summed E-state index contributed by atoms with van der Waals surface area (Å²) >= 11 is 0. The maximum Gasteiger partial charge on any atom is 0.243 e. The fraction of sp³-hybridized carbons (Fsp3) is 0.500. The number of rotatable bonds is 5. The van der Waals surface area contributed by atoms with Crippen molar-refractivity contribution >= 4 is 5.78 Å². The number of nitrogens with zero attached hydrogens (tertiary/aromatic N) is 2. The van der Waals surface area contributed by atoms with Gasteiger partial charge in [-0.1, -0.05) is 0 Å². The van der Waals surface area contributed by atoms with Crippen molar-refractivity contribution in [3.8, 4) is 5.88 Å². The zero-order chi connectivity index (χ0) is 11.3. The summed E-state index contributed by atoms with van der Waals surface area (Å²) in [6, 6.07) is 0.0108. The van der Waals surface area contributed by atoms with E-state index < -0.39 is 0 Å². The van der Waals surface area contributed by atoms with Crippen LogP contribution < -0.4 is 10.5 Å². The van der Waals surface area contributed by atoms with Gasteiger partial charge < -0.3 is 10.5 Å². The monoisotopic (exact) mass is 209 g/mol. The topological polar surface area (TPSA) is 78.1 Å². The lowest BCUT2D eigenvalue weighted by Gasteiger charge is -2.06. The molecular formula is C10H15N3O2. The molecule has 0 radical (unpaired) electrons. The van der Waals surface area contributed by atoms with Crippen LogP contribution in [0.3, 0.4) is 0 Å². The molecule has 0 aromatic carbocycles. The fourth-order valence-electron chi connectivity index (χ4n) is 1.14. The highest BCUT2D eigenvalue weighted by molar-refractivity contribution is 5.96. The molecule has 0 aliphatic carbocycles. The van der Waals surface area contributed by atoms with Gasteiger partial charge in [-0.3, -0.25) is 4.79 Å². The molecule has 5 nitrogen and oxygen atoms in total. The summed E-state index contributed by atoms with van der Waals surface area (Å²) in [6.45, 7) is 1.86. The molecular weight excluding hydrogens is 194 g/mol. The van der Waals surface area contributed by atoms with Crippen molar-refractivity contribution in [1.82, 2.24) is 9.97 Å². The van der Waals surface area contributed by atoms with Gasteiger partial charge in [0.2, 0.25) is 5.88 Å². The third kappa shape index (κ3) is 3.28. The SMILES string of the molecule is COc1nccnc1C(=O)CCC(C)N. The maximum atomic E-state index is 11.7. The van der Waals surface area contributed by atoms with E-state index in [9.17, 15) is 4.79 Å². The Labute approximate surface area is 88.7 Å². The molecule has 0 aliphatic rings. The Kier molecular flexibility index (Phi) is 4.17. The molecule has 0 spiro atoms. The van der Waals surface area contributed by atoms with Crippen LogP contribution in [0.15, 0.2) is 12.4 Å². The first kappa shape index (κ1) is 11.6. The van der Waals surface area contributed by atoms with Gasteiger partial charge in [-0.05, 0) is 13.3 Å². The summed E-state index contributed by atoms with van der Waals surface area (Å²) in [5.41, 5.74) is 5.85. The van der Waals surface area contributed by atoms with Gasteiger partial charge in [0.1, 0.15) is 0 Å². The number of ether oxygens (including phenoxy) is 1. The van der Waals surface area contributed by atoms with Gasteiger partial charge in [-0.2, -0.15) is 0 Å². The minimum Gasteiger partial charge on any atom is -0.479 e. The summed E-state index contributed by atoms with van der Waals surface area (Å²) in [6.07, 6.45) is 3.97. The molecule has 0 fully saturated rings.